The van der Waals surface area contributed by atoms with Crippen LogP contribution in [0, 0.1) is 4.91 Å². The summed E-state index contributed by atoms with van der Waals surface area (Å²) in [5.41, 5.74) is 0.869. The van der Waals surface area contributed by atoms with Gasteiger partial charge in [0.1, 0.15) is 22.9 Å². The van der Waals surface area contributed by atoms with Crippen LogP contribution in [0.2, 0.25) is 0 Å². The van der Waals surface area contributed by atoms with E-state index in [0.29, 0.717) is 12.2 Å². The number of anilines is 2. The number of hydrogen-bond acceptors (Lipinski definition) is 5. The molecule has 0 atom stereocenters. The Labute approximate surface area is 117 Å². The van der Waals surface area contributed by atoms with Crippen LogP contribution in [0.3, 0.4) is 0 Å². The highest BCUT2D eigenvalue weighted by Gasteiger charge is 2.33. The first kappa shape index (κ1) is 12.6. The average molecular weight is 269 g/mol. The summed E-state index contributed by atoms with van der Waals surface area (Å²) < 4.78 is 5.96. The van der Waals surface area contributed by atoms with Gasteiger partial charge in [-0.3, -0.25) is 0 Å². The van der Waals surface area contributed by atoms with Gasteiger partial charge in [0.25, 0.3) is 0 Å². The molecule has 0 fully saturated rings. The van der Waals surface area contributed by atoms with Gasteiger partial charge in [0.05, 0.1) is 12.2 Å². The van der Waals surface area contributed by atoms with Crippen LogP contribution in [0.25, 0.3) is 0 Å². The Morgan fingerprint density at radius 1 is 1.30 bits per heavy atom. The van der Waals surface area contributed by atoms with Gasteiger partial charge >= 0.3 is 0 Å². The first-order valence-corrected chi connectivity index (χ1v) is 6.44. The Morgan fingerprint density at radius 3 is 2.85 bits per heavy atom. The minimum absolute atomic E-state index is 0.333. The molecule has 3 rings (SSSR count). The van der Waals surface area contributed by atoms with E-state index in [2.05, 4.69) is 10.2 Å². The predicted molar refractivity (Wildman–Crippen MR) is 77.8 cm³/mol. The minimum Gasteiger partial charge on any atom is -0.484 e. The molecule has 2 heterocycles. The SMILES string of the molecule is CC1(C)CN(c2ccccn2)c2cc(N=O)ccc2O1. The fourth-order valence-electron chi connectivity index (χ4n) is 2.37. The van der Waals surface area contributed by atoms with E-state index in [4.69, 9.17) is 4.74 Å². The van der Waals surface area contributed by atoms with E-state index in [1.807, 2.05) is 36.9 Å². The Hall–Kier alpha value is -2.43. The number of aromatic nitrogens is 1. The number of nitrogens with zero attached hydrogens (tertiary/aromatic N) is 3. The van der Waals surface area contributed by atoms with E-state index in [0.717, 1.165) is 17.3 Å². The van der Waals surface area contributed by atoms with Crippen LogP contribution in [0.4, 0.5) is 17.2 Å². The van der Waals surface area contributed by atoms with E-state index in [1.165, 1.54) is 0 Å². The molecule has 1 aliphatic rings. The van der Waals surface area contributed by atoms with Crippen molar-refractivity contribution < 1.29 is 4.74 Å². The highest BCUT2D eigenvalue weighted by atomic mass is 16.5. The van der Waals surface area contributed by atoms with Crippen molar-refractivity contribution in [2.45, 2.75) is 19.4 Å². The third-order valence-electron chi connectivity index (χ3n) is 3.19. The third-order valence-corrected chi connectivity index (χ3v) is 3.19. The lowest BCUT2D eigenvalue weighted by molar-refractivity contribution is 0.109. The lowest BCUT2D eigenvalue weighted by Crippen LogP contribution is -2.45. The van der Waals surface area contributed by atoms with Crippen LogP contribution in [-0.4, -0.2) is 17.1 Å². The topological polar surface area (TPSA) is 54.8 Å². The van der Waals surface area contributed by atoms with Crippen LogP contribution in [0.15, 0.2) is 47.8 Å². The molecule has 0 amide bonds. The first-order valence-electron chi connectivity index (χ1n) is 6.44. The largest absolute Gasteiger partial charge is 0.484 e. The molecule has 0 N–H and O–H groups in total. The van der Waals surface area contributed by atoms with Crippen molar-refractivity contribution in [1.82, 2.24) is 4.98 Å². The van der Waals surface area contributed by atoms with Crippen LogP contribution in [0.1, 0.15) is 13.8 Å². The van der Waals surface area contributed by atoms with Crippen LogP contribution in [0.5, 0.6) is 5.75 Å². The molecule has 2 aromatic rings. The second-order valence-corrected chi connectivity index (χ2v) is 5.38. The molecule has 102 valence electrons. The van der Waals surface area contributed by atoms with E-state index in [1.54, 1.807) is 24.4 Å². The number of fused-ring (bicyclic) bond motifs is 1. The maximum Gasteiger partial charge on any atom is 0.144 e. The van der Waals surface area contributed by atoms with Crippen molar-refractivity contribution in [2.24, 2.45) is 5.18 Å². The lowest BCUT2D eigenvalue weighted by atomic mass is 10.0. The van der Waals surface area contributed by atoms with E-state index in [9.17, 15) is 4.91 Å². The molecule has 1 aromatic heterocycles. The van der Waals surface area contributed by atoms with Crippen molar-refractivity contribution in [2.75, 3.05) is 11.4 Å². The fraction of sp³-hybridized carbons (Fsp3) is 0.267. The monoisotopic (exact) mass is 269 g/mol. The quantitative estimate of drug-likeness (QED) is 0.778. The molecule has 20 heavy (non-hydrogen) atoms. The molecule has 0 bridgehead atoms. The Balaban J connectivity index is 2.13. The summed E-state index contributed by atoms with van der Waals surface area (Å²) >= 11 is 0. The average Bonchev–Trinajstić information content (AvgIpc) is 2.46. The maximum absolute atomic E-state index is 10.7. The van der Waals surface area contributed by atoms with Gasteiger partial charge in [0.15, 0.2) is 0 Å². The summed E-state index contributed by atoms with van der Waals surface area (Å²) in [7, 11) is 0. The second-order valence-electron chi connectivity index (χ2n) is 5.38. The van der Waals surface area contributed by atoms with Gasteiger partial charge < -0.3 is 9.64 Å². The number of hydrogen-bond donors (Lipinski definition) is 0. The summed E-state index contributed by atoms with van der Waals surface area (Å²) in [6, 6.07) is 10.9. The third kappa shape index (κ3) is 2.22. The smallest absolute Gasteiger partial charge is 0.144 e. The zero-order valence-corrected chi connectivity index (χ0v) is 11.4. The molecule has 0 unspecified atom stereocenters. The molecule has 5 nitrogen and oxygen atoms in total. The molecule has 0 saturated heterocycles. The number of pyridine rings is 1. The van der Waals surface area contributed by atoms with E-state index in [-0.39, 0.29) is 5.60 Å². The fourth-order valence-corrected chi connectivity index (χ4v) is 2.37. The van der Waals surface area contributed by atoms with Gasteiger partial charge in [-0.15, -0.1) is 4.91 Å². The van der Waals surface area contributed by atoms with Crippen LogP contribution >= 0.6 is 0 Å². The molecular formula is C15H15N3O2. The van der Waals surface area contributed by atoms with Gasteiger partial charge in [-0.05, 0) is 49.4 Å². The molecular weight excluding hydrogens is 254 g/mol. The molecule has 0 radical (unpaired) electrons. The van der Waals surface area contributed by atoms with Gasteiger partial charge in [-0.25, -0.2) is 4.98 Å². The zero-order valence-electron chi connectivity index (χ0n) is 11.4. The highest BCUT2D eigenvalue weighted by molar-refractivity contribution is 5.72. The molecule has 1 aliphatic heterocycles. The van der Waals surface area contributed by atoms with Gasteiger partial charge in [0, 0.05) is 6.20 Å². The number of nitroso groups, excluding NO2 is 1. The van der Waals surface area contributed by atoms with Crippen molar-refractivity contribution in [3.8, 4) is 5.75 Å². The molecule has 0 spiro atoms. The maximum atomic E-state index is 10.7. The Bertz CT molecular complexity index is 641. The van der Waals surface area contributed by atoms with Crippen molar-refractivity contribution in [3.63, 3.8) is 0 Å². The van der Waals surface area contributed by atoms with E-state index >= 15 is 0 Å². The number of rotatable bonds is 2. The summed E-state index contributed by atoms with van der Waals surface area (Å²) in [5, 5.41) is 2.99. The summed E-state index contributed by atoms with van der Waals surface area (Å²) in [5.74, 6) is 1.56. The minimum atomic E-state index is -0.333. The normalized spacial score (nSPS) is 16.2. The molecule has 0 aliphatic carbocycles. The summed E-state index contributed by atoms with van der Waals surface area (Å²) in [6.45, 7) is 4.70. The van der Waals surface area contributed by atoms with Crippen molar-refractivity contribution in [1.29, 1.82) is 0 Å². The second kappa shape index (κ2) is 4.59. The summed E-state index contributed by atoms with van der Waals surface area (Å²) in [6.07, 6.45) is 1.75. The summed E-state index contributed by atoms with van der Waals surface area (Å²) in [4.78, 5) is 17.2. The van der Waals surface area contributed by atoms with Crippen LogP contribution < -0.4 is 9.64 Å². The standard InChI is InChI=1S/C15H15N3O2/c1-15(2)10-18(14-5-3-4-8-16-14)12-9-11(17-19)6-7-13(12)20-15/h3-9H,10H2,1-2H3. The van der Waals surface area contributed by atoms with Crippen LogP contribution in [-0.2, 0) is 0 Å². The number of ether oxygens (including phenoxy) is 1. The zero-order chi connectivity index (χ0) is 14.2. The Kier molecular flexibility index (Phi) is 2.89. The van der Waals surface area contributed by atoms with Gasteiger partial charge in [0.2, 0.25) is 0 Å². The predicted octanol–water partition coefficient (Wildman–Crippen LogP) is 3.79. The van der Waals surface area contributed by atoms with Crippen molar-refractivity contribution in [3.05, 3.63) is 47.5 Å². The van der Waals surface area contributed by atoms with Gasteiger partial charge in [-0.2, -0.15) is 0 Å². The molecule has 0 saturated carbocycles. The van der Waals surface area contributed by atoms with E-state index < -0.39 is 0 Å². The van der Waals surface area contributed by atoms with Gasteiger partial charge in [-0.1, -0.05) is 6.07 Å². The molecule has 5 heteroatoms. The first-order chi connectivity index (χ1) is 9.59. The van der Waals surface area contributed by atoms with Crippen molar-refractivity contribution >= 4 is 17.2 Å². The molecule has 1 aromatic carbocycles. The number of benzene rings is 1. The highest BCUT2D eigenvalue weighted by Crippen LogP contribution is 2.42. The lowest BCUT2D eigenvalue weighted by Gasteiger charge is -2.40. The Morgan fingerprint density at radius 2 is 2.15 bits per heavy atom.